The molecule has 0 aromatic heterocycles. The zero-order valence-electron chi connectivity index (χ0n) is 10.3. The van der Waals surface area contributed by atoms with E-state index in [2.05, 4.69) is 4.72 Å². The normalized spacial score (nSPS) is 13.4. The minimum atomic E-state index is -3.36. The van der Waals surface area contributed by atoms with Crippen LogP contribution >= 0.6 is 0 Å². The van der Waals surface area contributed by atoms with Gasteiger partial charge in [-0.2, -0.15) is 0 Å². The topological polar surface area (TPSA) is 75.4 Å². The van der Waals surface area contributed by atoms with Crippen LogP contribution in [0.4, 0.5) is 5.69 Å². The highest BCUT2D eigenvalue weighted by Crippen LogP contribution is 2.18. The summed E-state index contributed by atoms with van der Waals surface area (Å²) in [5.74, 6) is 0. The van der Waals surface area contributed by atoms with Crippen LogP contribution in [-0.2, 0) is 10.0 Å². The van der Waals surface area contributed by atoms with Crippen molar-refractivity contribution in [3.8, 4) is 0 Å². The molecule has 96 valence electrons. The summed E-state index contributed by atoms with van der Waals surface area (Å²) in [6, 6.07) is 6.93. The number of hydrogen-bond donors (Lipinski definition) is 2. The SMILES string of the molecule is CNS(=O)(=O)c1ccc(N(C)C(C)CN)cc1. The Morgan fingerprint density at radius 2 is 1.88 bits per heavy atom. The average molecular weight is 257 g/mol. The van der Waals surface area contributed by atoms with Gasteiger partial charge in [-0.05, 0) is 38.2 Å². The molecular weight excluding hydrogens is 238 g/mol. The van der Waals surface area contributed by atoms with Gasteiger partial charge < -0.3 is 10.6 Å². The van der Waals surface area contributed by atoms with Crippen LogP contribution in [-0.4, -0.2) is 35.1 Å². The summed E-state index contributed by atoms with van der Waals surface area (Å²) < 4.78 is 25.3. The summed E-state index contributed by atoms with van der Waals surface area (Å²) in [5.41, 5.74) is 6.53. The molecule has 0 bridgehead atoms. The molecule has 1 atom stereocenters. The number of likely N-dealkylation sites (N-methyl/N-ethyl adjacent to an activating group) is 1. The van der Waals surface area contributed by atoms with Gasteiger partial charge in [0.2, 0.25) is 10.0 Å². The van der Waals surface area contributed by atoms with Crippen LogP contribution in [0.25, 0.3) is 0 Å². The first-order valence-corrected chi connectivity index (χ1v) is 6.87. The molecule has 0 amide bonds. The Balaban J connectivity index is 2.96. The summed E-state index contributed by atoms with van der Waals surface area (Å²) in [5, 5.41) is 0. The Morgan fingerprint density at radius 3 is 2.29 bits per heavy atom. The number of anilines is 1. The molecule has 0 spiro atoms. The first-order valence-electron chi connectivity index (χ1n) is 5.39. The maximum Gasteiger partial charge on any atom is 0.240 e. The highest BCUT2D eigenvalue weighted by atomic mass is 32.2. The van der Waals surface area contributed by atoms with Crippen LogP contribution in [0, 0.1) is 0 Å². The van der Waals surface area contributed by atoms with Gasteiger partial charge in [0.25, 0.3) is 0 Å². The Kier molecular flexibility index (Phi) is 4.50. The molecule has 5 nitrogen and oxygen atoms in total. The van der Waals surface area contributed by atoms with E-state index in [1.54, 1.807) is 24.3 Å². The lowest BCUT2D eigenvalue weighted by Gasteiger charge is -2.25. The molecule has 0 aliphatic rings. The highest BCUT2D eigenvalue weighted by molar-refractivity contribution is 7.89. The molecule has 1 aromatic rings. The standard InChI is InChI=1S/C11H19N3O2S/c1-9(8-12)14(3)10-4-6-11(7-5-10)17(15,16)13-2/h4-7,9,13H,8,12H2,1-3H3. The van der Waals surface area contributed by atoms with E-state index in [1.165, 1.54) is 7.05 Å². The van der Waals surface area contributed by atoms with E-state index < -0.39 is 10.0 Å². The first kappa shape index (κ1) is 14.0. The minimum absolute atomic E-state index is 0.210. The van der Waals surface area contributed by atoms with Crippen LogP contribution in [0.15, 0.2) is 29.2 Å². The number of sulfonamides is 1. The number of nitrogens with two attached hydrogens (primary N) is 1. The van der Waals surface area contributed by atoms with Crippen molar-refractivity contribution in [3.05, 3.63) is 24.3 Å². The minimum Gasteiger partial charge on any atom is -0.371 e. The molecule has 6 heteroatoms. The molecule has 0 aliphatic heterocycles. The molecule has 1 rings (SSSR count). The van der Waals surface area contributed by atoms with Crippen LogP contribution in [0.5, 0.6) is 0 Å². The largest absolute Gasteiger partial charge is 0.371 e. The third-order valence-corrected chi connectivity index (χ3v) is 4.26. The van der Waals surface area contributed by atoms with Crippen LogP contribution < -0.4 is 15.4 Å². The molecule has 1 aromatic carbocycles. The second-order valence-corrected chi connectivity index (χ2v) is 5.78. The molecule has 0 fully saturated rings. The molecule has 0 saturated heterocycles. The predicted octanol–water partition coefficient (Wildman–Crippen LogP) is 0.378. The number of benzene rings is 1. The van der Waals surface area contributed by atoms with E-state index in [4.69, 9.17) is 5.73 Å². The van der Waals surface area contributed by atoms with Crippen molar-refractivity contribution >= 4 is 15.7 Å². The van der Waals surface area contributed by atoms with Gasteiger partial charge in [-0.1, -0.05) is 0 Å². The van der Waals surface area contributed by atoms with Crippen LogP contribution in [0.2, 0.25) is 0 Å². The zero-order valence-corrected chi connectivity index (χ0v) is 11.2. The number of hydrogen-bond acceptors (Lipinski definition) is 4. The van der Waals surface area contributed by atoms with Crippen molar-refractivity contribution in [3.63, 3.8) is 0 Å². The van der Waals surface area contributed by atoms with Crippen LogP contribution in [0.3, 0.4) is 0 Å². The van der Waals surface area contributed by atoms with Gasteiger partial charge in [-0.15, -0.1) is 0 Å². The van der Waals surface area contributed by atoms with Gasteiger partial charge in [-0.25, -0.2) is 13.1 Å². The monoisotopic (exact) mass is 257 g/mol. The van der Waals surface area contributed by atoms with E-state index in [0.717, 1.165) is 5.69 Å². The van der Waals surface area contributed by atoms with Gasteiger partial charge in [0.1, 0.15) is 0 Å². The fourth-order valence-corrected chi connectivity index (χ4v) is 2.12. The van der Waals surface area contributed by atoms with E-state index in [9.17, 15) is 8.42 Å². The van der Waals surface area contributed by atoms with Gasteiger partial charge in [0.05, 0.1) is 4.90 Å². The summed E-state index contributed by atoms with van der Waals surface area (Å²) in [6.45, 7) is 2.56. The summed E-state index contributed by atoms with van der Waals surface area (Å²) in [7, 11) is -0.0353. The molecule has 0 aliphatic carbocycles. The second kappa shape index (κ2) is 5.48. The van der Waals surface area contributed by atoms with Crippen molar-refractivity contribution in [1.82, 2.24) is 4.72 Å². The van der Waals surface area contributed by atoms with Crippen molar-refractivity contribution in [2.24, 2.45) is 5.73 Å². The fraction of sp³-hybridized carbons (Fsp3) is 0.455. The number of rotatable bonds is 5. The lowest BCUT2D eigenvalue weighted by Crippen LogP contribution is -2.35. The zero-order chi connectivity index (χ0) is 13.1. The first-order chi connectivity index (χ1) is 7.92. The van der Waals surface area contributed by atoms with E-state index in [0.29, 0.717) is 6.54 Å². The van der Waals surface area contributed by atoms with Crippen molar-refractivity contribution in [2.45, 2.75) is 17.9 Å². The lowest BCUT2D eigenvalue weighted by atomic mass is 10.2. The van der Waals surface area contributed by atoms with Gasteiger partial charge >= 0.3 is 0 Å². The quantitative estimate of drug-likeness (QED) is 0.799. The lowest BCUT2D eigenvalue weighted by molar-refractivity contribution is 0.588. The molecule has 3 N–H and O–H groups in total. The maximum absolute atomic E-state index is 11.5. The Morgan fingerprint density at radius 1 is 1.35 bits per heavy atom. The Bertz CT molecular complexity index is 456. The van der Waals surface area contributed by atoms with E-state index in [1.807, 2.05) is 18.9 Å². The summed E-state index contributed by atoms with van der Waals surface area (Å²) in [6.07, 6.45) is 0. The smallest absolute Gasteiger partial charge is 0.240 e. The van der Waals surface area contributed by atoms with Crippen molar-refractivity contribution < 1.29 is 8.42 Å². The average Bonchev–Trinajstić information content (AvgIpc) is 2.37. The van der Waals surface area contributed by atoms with E-state index >= 15 is 0 Å². The predicted molar refractivity (Wildman–Crippen MR) is 69.6 cm³/mol. The molecule has 0 radical (unpaired) electrons. The molecule has 17 heavy (non-hydrogen) atoms. The number of nitrogens with one attached hydrogen (secondary N) is 1. The fourth-order valence-electron chi connectivity index (χ4n) is 1.39. The second-order valence-electron chi connectivity index (χ2n) is 3.90. The number of nitrogens with zero attached hydrogens (tertiary/aromatic N) is 1. The molecule has 1 unspecified atom stereocenters. The Labute approximate surface area is 103 Å². The van der Waals surface area contributed by atoms with Gasteiger partial charge in [0.15, 0.2) is 0 Å². The Hall–Kier alpha value is -1.11. The molecular formula is C11H19N3O2S. The van der Waals surface area contributed by atoms with Crippen molar-refractivity contribution in [2.75, 3.05) is 25.5 Å². The third kappa shape index (κ3) is 3.18. The van der Waals surface area contributed by atoms with Crippen molar-refractivity contribution in [1.29, 1.82) is 0 Å². The maximum atomic E-state index is 11.5. The summed E-state index contributed by atoms with van der Waals surface area (Å²) >= 11 is 0. The van der Waals surface area contributed by atoms with Crippen LogP contribution in [0.1, 0.15) is 6.92 Å². The molecule has 0 heterocycles. The van der Waals surface area contributed by atoms with Gasteiger partial charge in [0, 0.05) is 25.3 Å². The summed E-state index contributed by atoms with van der Waals surface area (Å²) in [4.78, 5) is 2.27. The third-order valence-electron chi connectivity index (χ3n) is 2.83. The van der Waals surface area contributed by atoms with E-state index in [-0.39, 0.29) is 10.9 Å². The van der Waals surface area contributed by atoms with Gasteiger partial charge in [-0.3, -0.25) is 0 Å². The highest BCUT2D eigenvalue weighted by Gasteiger charge is 2.12. The molecule has 0 saturated carbocycles.